The van der Waals surface area contributed by atoms with E-state index < -0.39 is 0 Å². The fourth-order valence-electron chi connectivity index (χ4n) is 3.64. The van der Waals surface area contributed by atoms with Crippen molar-refractivity contribution in [1.82, 2.24) is 14.7 Å². The van der Waals surface area contributed by atoms with E-state index in [1.807, 2.05) is 45.0 Å². The molecule has 3 rings (SSSR count). The van der Waals surface area contributed by atoms with Crippen molar-refractivity contribution in [2.75, 3.05) is 39.2 Å². The van der Waals surface area contributed by atoms with E-state index >= 15 is 0 Å². The Balaban J connectivity index is 1.88. The van der Waals surface area contributed by atoms with Crippen LogP contribution >= 0.6 is 11.6 Å². The molecule has 0 aliphatic carbocycles. The van der Waals surface area contributed by atoms with Crippen molar-refractivity contribution in [1.29, 1.82) is 0 Å². The highest BCUT2D eigenvalue weighted by atomic mass is 35.5. The predicted octanol–water partition coefficient (Wildman–Crippen LogP) is 4.95. The molecule has 0 unspecified atom stereocenters. The van der Waals surface area contributed by atoms with E-state index in [0.29, 0.717) is 47.4 Å². The third kappa shape index (κ3) is 6.65. The first-order valence-corrected chi connectivity index (χ1v) is 12.1. The molecule has 1 N–H and O–H groups in total. The average molecular weight is 513 g/mol. The minimum Gasteiger partial charge on any atom is -0.496 e. The first-order valence-electron chi connectivity index (χ1n) is 11.7. The van der Waals surface area contributed by atoms with Crippen LogP contribution in [0.2, 0.25) is 5.02 Å². The third-order valence-corrected chi connectivity index (χ3v) is 5.88. The van der Waals surface area contributed by atoms with Gasteiger partial charge in [0.05, 0.1) is 29.1 Å². The number of hydrogen-bond donors (Lipinski definition) is 1. The molecule has 2 aromatic carbocycles. The molecule has 1 heterocycles. The van der Waals surface area contributed by atoms with Crippen molar-refractivity contribution in [2.24, 2.45) is 0 Å². The van der Waals surface area contributed by atoms with E-state index in [1.54, 1.807) is 42.1 Å². The van der Waals surface area contributed by atoms with E-state index in [2.05, 4.69) is 5.32 Å². The Hall–Kier alpha value is -3.36. The summed E-state index contributed by atoms with van der Waals surface area (Å²) in [5, 5.41) is 8.15. The number of methoxy groups -OCH3 is 2. The monoisotopic (exact) mass is 512 g/mol. The molecule has 0 atom stereocenters. The largest absolute Gasteiger partial charge is 0.496 e. The fourth-order valence-corrected chi connectivity index (χ4v) is 3.86. The Labute approximate surface area is 217 Å². The van der Waals surface area contributed by atoms with E-state index in [1.165, 1.54) is 12.0 Å². The molecule has 0 aliphatic rings. The molecule has 3 aromatic rings. The molecule has 2 amide bonds. The van der Waals surface area contributed by atoms with Crippen LogP contribution in [-0.4, -0.2) is 60.4 Å². The number of carbonyl (C=O) groups is 2. The van der Waals surface area contributed by atoms with Gasteiger partial charge in [-0.3, -0.25) is 9.59 Å². The number of halogens is 1. The Morgan fingerprint density at radius 1 is 1.08 bits per heavy atom. The number of nitrogens with zero attached hydrogens (tertiary/aromatic N) is 3. The van der Waals surface area contributed by atoms with E-state index in [4.69, 9.17) is 26.2 Å². The zero-order valence-corrected chi connectivity index (χ0v) is 22.1. The molecule has 0 saturated carbocycles. The second-order valence-corrected chi connectivity index (χ2v) is 9.76. The van der Waals surface area contributed by atoms with Gasteiger partial charge in [-0.05, 0) is 30.7 Å². The van der Waals surface area contributed by atoms with Crippen LogP contribution in [0.5, 0.6) is 5.75 Å². The maximum Gasteiger partial charge on any atom is 0.258 e. The number of benzene rings is 2. The number of carbonyl (C=O) groups excluding carboxylic acids is 2. The highest BCUT2D eigenvalue weighted by Gasteiger charge is 2.25. The van der Waals surface area contributed by atoms with Gasteiger partial charge in [-0.2, -0.15) is 5.10 Å². The standard InChI is InChI=1S/C27H33ClN4O4/c1-27(2,3)23-17-24(32(30-23)21-13-8-7-12-20(21)28)29-25(33)18-31(15-10-16-35-4)26(34)19-11-6-9-14-22(19)36-5/h6-9,11-14,17H,10,15-16,18H2,1-5H3,(H,29,33). The van der Waals surface area contributed by atoms with Crippen LogP contribution in [0.25, 0.3) is 5.69 Å². The van der Waals surface area contributed by atoms with Crippen LogP contribution in [0, 0.1) is 0 Å². The topological polar surface area (TPSA) is 85.7 Å². The number of ether oxygens (including phenoxy) is 2. The normalized spacial score (nSPS) is 11.3. The Morgan fingerprint density at radius 3 is 2.44 bits per heavy atom. The van der Waals surface area contributed by atoms with Gasteiger partial charge in [0, 0.05) is 31.7 Å². The number of hydrogen-bond acceptors (Lipinski definition) is 5. The van der Waals surface area contributed by atoms with Gasteiger partial charge < -0.3 is 19.7 Å². The van der Waals surface area contributed by atoms with Crippen LogP contribution in [-0.2, 0) is 14.9 Å². The lowest BCUT2D eigenvalue weighted by Gasteiger charge is -2.23. The second kappa shape index (κ2) is 12.1. The summed E-state index contributed by atoms with van der Waals surface area (Å²) in [7, 11) is 3.11. The number of nitrogens with one attached hydrogen (secondary N) is 1. The van der Waals surface area contributed by atoms with Gasteiger partial charge >= 0.3 is 0 Å². The number of rotatable bonds is 10. The van der Waals surface area contributed by atoms with Crippen molar-refractivity contribution in [2.45, 2.75) is 32.6 Å². The lowest BCUT2D eigenvalue weighted by Crippen LogP contribution is -2.39. The number of para-hydroxylation sites is 2. The highest BCUT2D eigenvalue weighted by Crippen LogP contribution is 2.29. The molecule has 0 aliphatic heterocycles. The van der Waals surface area contributed by atoms with Gasteiger partial charge in [0.15, 0.2) is 0 Å². The van der Waals surface area contributed by atoms with Gasteiger partial charge in [0.2, 0.25) is 5.91 Å². The zero-order chi connectivity index (χ0) is 26.3. The highest BCUT2D eigenvalue weighted by molar-refractivity contribution is 6.32. The predicted molar refractivity (Wildman–Crippen MR) is 141 cm³/mol. The van der Waals surface area contributed by atoms with E-state index in [-0.39, 0.29) is 23.8 Å². The minimum atomic E-state index is -0.357. The van der Waals surface area contributed by atoms with Crippen LogP contribution in [0.1, 0.15) is 43.2 Å². The molecule has 0 bridgehead atoms. The summed E-state index contributed by atoms with van der Waals surface area (Å²) >= 11 is 6.43. The summed E-state index contributed by atoms with van der Waals surface area (Å²) in [6.07, 6.45) is 0.580. The molecule has 0 radical (unpaired) electrons. The van der Waals surface area contributed by atoms with Crippen LogP contribution in [0.3, 0.4) is 0 Å². The number of aromatic nitrogens is 2. The summed E-state index contributed by atoms with van der Waals surface area (Å²) in [6.45, 7) is 6.78. The van der Waals surface area contributed by atoms with Crippen molar-refractivity contribution in [3.05, 3.63) is 70.9 Å². The van der Waals surface area contributed by atoms with Crippen LogP contribution in [0.4, 0.5) is 5.82 Å². The Kier molecular flexibility index (Phi) is 9.12. The maximum absolute atomic E-state index is 13.4. The van der Waals surface area contributed by atoms with Crippen molar-refractivity contribution in [3.63, 3.8) is 0 Å². The molecule has 192 valence electrons. The molecular weight excluding hydrogens is 480 g/mol. The van der Waals surface area contributed by atoms with Crippen LogP contribution in [0.15, 0.2) is 54.6 Å². The van der Waals surface area contributed by atoms with Gasteiger partial charge in [0.1, 0.15) is 18.1 Å². The second-order valence-electron chi connectivity index (χ2n) is 9.35. The molecule has 8 nitrogen and oxygen atoms in total. The zero-order valence-electron chi connectivity index (χ0n) is 21.4. The molecule has 0 fully saturated rings. The van der Waals surface area contributed by atoms with Crippen molar-refractivity contribution >= 4 is 29.2 Å². The van der Waals surface area contributed by atoms with Gasteiger partial charge in [-0.25, -0.2) is 4.68 Å². The number of anilines is 1. The van der Waals surface area contributed by atoms with Crippen molar-refractivity contribution in [3.8, 4) is 11.4 Å². The van der Waals surface area contributed by atoms with Gasteiger partial charge in [-0.1, -0.05) is 56.6 Å². The lowest BCUT2D eigenvalue weighted by atomic mass is 9.92. The van der Waals surface area contributed by atoms with E-state index in [9.17, 15) is 9.59 Å². The maximum atomic E-state index is 13.4. The summed E-state index contributed by atoms with van der Waals surface area (Å²) in [6, 6.07) is 16.1. The van der Waals surface area contributed by atoms with Crippen molar-refractivity contribution < 1.29 is 19.1 Å². The first kappa shape index (κ1) is 27.2. The Morgan fingerprint density at radius 2 is 1.78 bits per heavy atom. The first-order chi connectivity index (χ1) is 17.2. The molecule has 1 aromatic heterocycles. The third-order valence-electron chi connectivity index (χ3n) is 5.56. The number of amides is 2. The average Bonchev–Trinajstić information content (AvgIpc) is 3.27. The van der Waals surface area contributed by atoms with E-state index in [0.717, 1.165) is 5.69 Å². The molecular formula is C27H33ClN4O4. The smallest absolute Gasteiger partial charge is 0.258 e. The molecule has 0 spiro atoms. The van der Waals surface area contributed by atoms with Gasteiger partial charge in [0.25, 0.3) is 5.91 Å². The quantitative estimate of drug-likeness (QED) is 0.388. The summed E-state index contributed by atoms with van der Waals surface area (Å²) < 4.78 is 12.1. The molecule has 9 heteroatoms. The summed E-state index contributed by atoms with van der Waals surface area (Å²) in [5.74, 6) is 0.267. The lowest BCUT2D eigenvalue weighted by molar-refractivity contribution is -0.117. The summed E-state index contributed by atoms with van der Waals surface area (Å²) in [5.41, 5.74) is 1.57. The Bertz CT molecular complexity index is 1200. The van der Waals surface area contributed by atoms with Gasteiger partial charge in [-0.15, -0.1) is 0 Å². The SMILES string of the molecule is COCCCN(CC(=O)Nc1cc(C(C)(C)C)nn1-c1ccccc1Cl)C(=O)c1ccccc1OC. The molecule has 0 saturated heterocycles. The fraction of sp³-hybridized carbons (Fsp3) is 0.370. The minimum absolute atomic E-state index is 0.154. The summed E-state index contributed by atoms with van der Waals surface area (Å²) in [4.78, 5) is 28.1. The molecule has 36 heavy (non-hydrogen) atoms. The van der Waals surface area contributed by atoms with Crippen LogP contribution < -0.4 is 10.1 Å².